The van der Waals surface area contributed by atoms with Crippen molar-refractivity contribution in [3.63, 3.8) is 0 Å². The molecular formula is C16H24FIN6. The first kappa shape index (κ1) is 20.3. The summed E-state index contributed by atoms with van der Waals surface area (Å²) in [5, 5.41) is 14.4. The number of hydrogen-bond acceptors (Lipinski definition) is 3. The fourth-order valence-corrected chi connectivity index (χ4v) is 2.19. The van der Waals surface area contributed by atoms with E-state index >= 15 is 0 Å². The normalized spacial score (nSPS) is 11.1. The number of aryl methyl sites for hydroxylation is 2. The third kappa shape index (κ3) is 5.73. The minimum absolute atomic E-state index is 0. The molecule has 0 atom stereocenters. The summed E-state index contributed by atoms with van der Waals surface area (Å²) in [6.45, 7) is 5.78. The van der Waals surface area contributed by atoms with Gasteiger partial charge in [0, 0.05) is 33.1 Å². The second-order valence-electron chi connectivity index (χ2n) is 5.23. The van der Waals surface area contributed by atoms with Crippen molar-refractivity contribution >= 4 is 29.9 Å². The Hall–Kier alpha value is -1.71. The molecule has 0 spiro atoms. The molecule has 1 heterocycles. The van der Waals surface area contributed by atoms with Crippen LogP contribution in [0.15, 0.2) is 29.5 Å². The number of halogens is 2. The number of hydrogen-bond donors (Lipinski definition) is 2. The van der Waals surface area contributed by atoms with Crippen molar-refractivity contribution in [2.75, 3.05) is 13.6 Å². The number of nitrogens with zero attached hydrogens (tertiary/aromatic N) is 4. The summed E-state index contributed by atoms with van der Waals surface area (Å²) in [6, 6.07) is 5.23. The Morgan fingerprint density at radius 3 is 2.79 bits per heavy atom. The quantitative estimate of drug-likeness (QED) is 0.406. The van der Waals surface area contributed by atoms with E-state index in [1.165, 1.54) is 0 Å². The topological polar surface area (TPSA) is 67.1 Å². The molecule has 0 unspecified atom stereocenters. The van der Waals surface area contributed by atoms with E-state index in [-0.39, 0.29) is 29.8 Å². The lowest BCUT2D eigenvalue weighted by molar-refractivity contribution is 0.614. The summed E-state index contributed by atoms with van der Waals surface area (Å²) in [5.41, 5.74) is 1.53. The van der Waals surface area contributed by atoms with Crippen molar-refractivity contribution in [1.82, 2.24) is 25.4 Å². The van der Waals surface area contributed by atoms with Crippen LogP contribution in [-0.2, 0) is 19.5 Å². The van der Waals surface area contributed by atoms with Gasteiger partial charge in [-0.1, -0.05) is 19.1 Å². The fraction of sp³-hybridized carbons (Fsp3) is 0.438. The molecule has 6 nitrogen and oxygen atoms in total. The predicted octanol–water partition coefficient (Wildman–Crippen LogP) is 2.27. The molecule has 0 radical (unpaired) electrons. The highest BCUT2D eigenvalue weighted by atomic mass is 127. The van der Waals surface area contributed by atoms with E-state index in [0.717, 1.165) is 24.4 Å². The van der Waals surface area contributed by atoms with Gasteiger partial charge in [-0.25, -0.2) is 4.39 Å². The van der Waals surface area contributed by atoms with Gasteiger partial charge in [0.05, 0.1) is 0 Å². The number of aliphatic imine (C=N–C) groups is 1. The molecule has 0 aliphatic carbocycles. The number of benzene rings is 1. The maximum absolute atomic E-state index is 13.5. The Kier molecular flexibility index (Phi) is 8.66. The predicted molar refractivity (Wildman–Crippen MR) is 104 cm³/mol. The fourth-order valence-electron chi connectivity index (χ4n) is 2.19. The molecular weight excluding hydrogens is 422 g/mol. The van der Waals surface area contributed by atoms with E-state index in [0.29, 0.717) is 24.6 Å². The van der Waals surface area contributed by atoms with Gasteiger partial charge in [0.1, 0.15) is 18.0 Å². The zero-order valence-electron chi connectivity index (χ0n) is 14.2. The molecule has 0 aliphatic rings. The summed E-state index contributed by atoms with van der Waals surface area (Å²) >= 11 is 0. The molecule has 0 fully saturated rings. The van der Waals surface area contributed by atoms with Crippen LogP contribution in [0, 0.1) is 12.7 Å². The van der Waals surface area contributed by atoms with Crippen LogP contribution >= 0.6 is 24.0 Å². The van der Waals surface area contributed by atoms with Crippen LogP contribution in [0.4, 0.5) is 4.39 Å². The second kappa shape index (κ2) is 10.2. The summed E-state index contributed by atoms with van der Waals surface area (Å²) in [5.74, 6) is 1.45. The van der Waals surface area contributed by atoms with Gasteiger partial charge in [-0.05, 0) is 24.1 Å². The van der Waals surface area contributed by atoms with Crippen molar-refractivity contribution < 1.29 is 4.39 Å². The first-order chi connectivity index (χ1) is 11.1. The molecule has 0 bridgehead atoms. The van der Waals surface area contributed by atoms with Crippen molar-refractivity contribution in [3.8, 4) is 0 Å². The smallest absolute Gasteiger partial charge is 0.191 e. The van der Waals surface area contributed by atoms with E-state index in [2.05, 4.69) is 32.7 Å². The van der Waals surface area contributed by atoms with Crippen LogP contribution in [-0.4, -0.2) is 34.3 Å². The SMILES string of the molecule is CCc1nncn1CCNC(=NC)NCc1ccc(C)c(F)c1.I. The number of aromatic nitrogens is 3. The molecule has 2 aromatic rings. The van der Waals surface area contributed by atoms with Crippen LogP contribution in [0.2, 0.25) is 0 Å². The third-order valence-corrected chi connectivity index (χ3v) is 3.58. The minimum Gasteiger partial charge on any atom is -0.355 e. The average Bonchev–Trinajstić information content (AvgIpc) is 3.01. The summed E-state index contributed by atoms with van der Waals surface area (Å²) in [6.07, 6.45) is 2.58. The van der Waals surface area contributed by atoms with E-state index in [4.69, 9.17) is 0 Å². The van der Waals surface area contributed by atoms with E-state index in [9.17, 15) is 4.39 Å². The largest absolute Gasteiger partial charge is 0.355 e. The first-order valence-corrected chi connectivity index (χ1v) is 7.70. The van der Waals surface area contributed by atoms with Gasteiger partial charge in [-0.15, -0.1) is 34.2 Å². The molecule has 1 aromatic carbocycles. The lowest BCUT2D eigenvalue weighted by Crippen LogP contribution is -2.38. The van der Waals surface area contributed by atoms with Gasteiger partial charge < -0.3 is 15.2 Å². The van der Waals surface area contributed by atoms with Crippen LogP contribution in [0.25, 0.3) is 0 Å². The van der Waals surface area contributed by atoms with Gasteiger partial charge in [-0.3, -0.25) is 4.99 Å². The zero-order valence-corrected chi connectivity index (χ0v) is 16.5. The number of rotatable bonds is 6. The highest BCUT2D eigenvalue weighted by Crippen LogP contribution is 2.08. The standard InChI is InChI=1S/C16H23FN6.HI/c1-4-15-22-21-11-23(15)8-7-19-16(18-3)20-10-13-6-5-12(2)14(17)9-13;/h5-6,9,11H,4,7-8,10H2,1-3H3,(H2,18,19,20);1H. The molecule has 8 heteroatoms. The third-order valence-electron chi connectivity index (χ3n) is 3.58. The molecule has 0 amide bonds. The minimum atomic E-state index is -0.188. The maximum Gasteiger partial charge on any atom is 0.191 e. The van der Waals surface area contributed by atoms with Gasteiger partial charge in [0.25, 0.3) is 0 Å². The Balaban J connectivity index is 0.00000288. The Labute approximate surface area is 159 Å². The van der Waals surface area contributed by atoms with E-state index < -0.39 is 0 Å². The van der Waals surface area contributed by atoms with Crippen LogP contribution in [0.5, 0.6) is 0 Å². The van der Waals surface area contributed by atoms with Crippen molar-refractivity contribution in [2.24, 2.45) is 4.99 Å². The highest BCUT2D eigenvalue weighted by molar-refractivity contribution is 14.0. The summed E-state index contributed by atoms with van der Waals surface area (Å²) < 4.78 is 15.5. The number of guanidine groups is 1. The van der Waals surface area contributed by atoms with Crippen molar-refractivity contribution in [2.45, 2.75) is 33.4 Å². The molecule has 2 N–H and O–H groups in total. The lowest BCUT2D eigenvalue weighted by Gasteiger charge is -2.13. The van der Waals surface area contributed by atoms with Gasteiger partial charge >= 0.3 is 0 Å². The number of nitrogens with one attached hydrogen (secondary N) is 2. The van der Waals surface area contributed by atoms with Crippen molar-refractivity contribution in [1.29, 1.82) is 0 Å². The molecule has 24 heavy (non-hydrogen) atoms. The zero-order chi connectivity index (χ0) is 16.7. The van der Waals surface area contributed by atoms with Gasteiger partial charge in [-0.2, -0.15) is 0 Å². The van der Waals surface area contributed by atoms with E-state index in [1.807, 2.05) is 10.6 Å². The van der Waals surface area contributed by atoms with Crippen LogP contribution in [0.3, 0.4) is 0 Å². The monoisotopic (exact) mass is 446 g/mol. The van der Waals surface area contributed by atoms with Crippen molar-refractivity contribution in [3.05, 3.63) is 47.3 Å². The molecule has 0 saturated heterocycles. The van der Waals surface area contributed by atoms with Gasteiger partial charge in [0.2, 0.25) is 0 Å². The summed E-state index contributed by atoms with van der Waals surface area (Å²) in [7, 11) is 1.71. The molecule has 1 aromatic heterocycles. The average molecular weight is 446 g/mol. The van der Waals surface area contributed by atoms with E-state index in [1.54, 1.807) is 32.4 Å². The summed E-state index contributed by atoms with van der Waals surface area (Å²) in [4.78, 5) is 4.16. The molecule has 0 saturated carbocycles. The maximum atomic E-state index is 13.5. The van der Waals surface area contributed by atoms with Crippen LogP contribution < -0.4 is 10.6 Å². The molecule has 2 rings (SSSR count). The van der Waals surface area contributed by atoms with Crippen LogP contribution in [0.1, 0.15) is 23.9 Å². The molecule has 132 valence electrons. The highest BCUT2D eigenvalue weighted by Gasteiger charge is 2.03. The Bertz CT molecular complexity index is 670. The Morgan fingerprint density at radius 2 is 2.12 bits per heavy atom. The van der Waals surface area contributed by atoms with Gasteiger partial charge in [0.15, 0.2) is 5.96 Å². The first-order valence-electron chi connectivity index (χ1n) is 7.70. The Morgan fingerprint density at radius 1 is 1.33 bits per heavy atom. The molecule has 0 aliphatic heterocycles. The lowest BCUT2D eigenvalue weighted by atomic mass is 10.1. The second-order valence-corrected chi connectivity index (χ2v) is 5.23.